The van der Waals surface area contributed by atoms with Crippen molar-refractivity contribution in [3.63, 3.8) is 0 Å². The monoisotopic (exact) mass is 522 g/mol. The van der Waals surface area contributed by atoms with Crippen molar-refractivity contribution in [2.24, 2.45) is 4.99 Å². The molecule has 166 valence electrons. The molecule has 0 aromatic heterocycles. The van der Waals surface area contributed by atoms with E-state index in [-0.39, 0.29) is 11.1 Å². The molecule has 6 nitrogen and oxygen atoms in total. The normalized spacial score (nSPS) is 15.5. The van der Waals surface area contributed by atoms with Gasteiger partial charge in [0.15, 0.2) is 16.7 Å². The number of nitrogens with zero attached hydrogens (tertiary/aromatic N) is 1. The number of benzene rings is 3. The molecule has 3 aromatic rings. The Morgan fingerprint density at radius 2 is 1.82 bits per heavy atom. The van der Waals surface area contributed by atoms with Gasteiger partial charge in [0.1, 0.15) is 6.61 Å². The Hall–Kier alpha value is -3.36. The zero-order valence-electron chi connectivity index (χ0n) is 17.6. The van der Waals surface area contributed by atoms with Crippen molar-refractivity contribution in [3.05, 3.63) is 98.9 Å². The van der Waals surface area contributed by atoms with Gasteiger partial charge < -0.3 is 14.8 Å². The lowest BCUT2D eigenvalue weighted by Crippen LogP contribution is -2.20. The molecule has 0 radical (unpaired) electrons. The van der Waals surface area contributed by atoms with Crippen molar-refractivity contribution in [1.82, 2.24) is 5.32 Å². The van der Waals surface area contributed by atoms with E-state index in [0.29, 0.717) is 28.6 Å². The number of hydrogen-bond acceptors (Lipinski definition) is 5. The van der Waals surface area contributed by atoms with Crippen LogP contribution in [0.5, 0.6) is 11.5 Å². The number of nitrogens with one attached hydrogen (secondary N) is 1. The van der Waals surface area contributed by atoms with Crippen LogP contribution in [0, 0.1) is 0 Å². The van der Waals surface area contributed by atoms with E-state index in [0.717, 1.165) is 27.4 Å². The lowest BCUT2D eigenvalue weighted by atomic mass is 10.2. The van der Waals surface area contributed by atoms with Crippen LogP contribution < -0.4 is 14.8 Å². The Balaban J connectivity index is 1.46. The number of halogens is 1. The van der Waals surface area contributed by atoms with Crippen LogP contribution in [0.2, 0.25) is 0 Å². The van der Waals surface area contributed by atoms with Crippen LogP contribution in [-0.4, -0.2) is 24.1 Å². The van der Waals surface area contributed by atoms with Crippen LogP contribution in [0.4, 0.5) is 0 Å². The minimum Gasteiger partial charge on any atom is -0.493 e. The second-order valence-electron chi connectivity index (χ2n) is 6.98. The summed E-state index contributed by atoms with van der Waals surface area (Å²) < 4.78 is 12.4. The topological polar surface area (TPSA) is 77.0 Å². The molecule has 1 aliphatic rings. The zero-order chi connectivity index (χ0) is 23.2. The van der Waals surface area contributed by atoms with E-state index in [1.165, 1.54) is 0 Å². The van der Waals surface area contributed by atoms with Crippen LogP contribution in [0.25, 0.3) is 6.08 Å². The highest BCUT2D eigenvalue weighted by atomic mass is 79.9. The molecule has 0 atom stereocenters. The zero-order valence-corrected chi connectivity index (χ0v) is 20.0. The number of rotatable bonds is 6. The molecular weight excluding hydrogens is 504 g/mol. The molecule has 0 spiro atoms. The number of methoxy groups -OCH3 is 1. The summed E-state index contributed by atoms with van der Waals surface area (Å²) in [4.78, 5) is 29.1. The van der Waals surface area contributed by atoms with Crippen molar-refractivity contribution in [3.8, 4) is 11.5 Å². The van der Waals surface area contributed by atoms with Crippen molar-refractivity contribution in [2.45, 2.75) is 6.61 Å². The first kappa shape index (κ1) is 22.8. The third-order valence-corrected chi connectivity index (χ3v) is 6.11. The average molecular weight is 523 g/mol. The van der Waals surface area contributed by atoms with Gasteiger partial charge in [-0.25, -0.2) is 0 Å². The third kappa shape index (κ3) is 5.91. The van der Waals surface area contributed by atoms with Gasteiger partial charge in [-0.2, -0.15) is 4.99 Å². The Bertz CT molecular complexity index is 1240. The lowest BCUT2D eigenvalue weighted by molar-refractivity contribution is -0.115. The largest absolute Gasteiger partial charge is 0.493 e. The number of amidine groups is 1. The number of amides is 2. The van der Waals surface area contributed by atoms with Crippen LogP contribution in [-0.2, 0) is 11.4 Å². The number of ether oxygens (including phenoxy) is 2. The highest BCUT2D eigenvalue weighted by molar-refractivity contribution is 9.10. The first-order chi connectivity index (χ1) is 16.0. The van der Waals surface area contributed by atoms with Gasteiger partial charge in [-0.1, -0.05) is 52.3 Å². The summed E-state index contributed by atoms with van der Waals surface area (Å²) in [5.41, 5.74) is 2.25. The maximum absolute atomic E-state index is 12.4. The number of thioether (sulfide) groups is 1. The predicted octanol–water partition coefficient (Wildman–Crippen LogP) is 5.44. The van der Waals surface area contributed by atoms with Gasteiger partial charge >= 0.3 is 0 Å². The van der Waals surface area contributed by atoms with Crippen LogP contribution in [0.15, 0.2) is 87.2 Å². The highest BCUT2D eigenvalue weighted by Crippen LogP contribution is 2.32. The smallest absolute Gasteiger partial charge is 0.279 e. The molecule has 2 amide bonds. The van der Waals surface area contributed by atoms with Gasteiger partial charge in [0.25, 0.3) is 11.8 Å². The summed E-state index contributed by atoms with van der Waals surface area (Å²) in [5.74, 6) is 0.433. The third-order valence-electron chi connectivity index (χ3n) is 4.67. The Morgan fingerprint density at radius 1 is 1.06 bits per heavy atom. The summed E-state index contributed by atoms with van der Waals surface area (Å²) in [6.07, 6.45) is 1.72. The molecule has 1 heterocycles. The highest BCUT2D eigenvalue weighted by Gasteiger charge is 2.25. The van der Waals surface area contributed by atoms with Gasteiger partial charge in [-0.05, 0) is 65.4 Å². The molecule has 33 heavy (non-hydrogen) atoms. The van der Waals surface area contributed by atoms with E-state index >= 15 is 0 Å². The van der Waals surface area contributed by atoms with Gasteiger partial charge in [0.05, 0.1) is 12.0 Å². The van der Waals surface area contributed by atoms with E-state index in [1.807, 2.05) is 36.4 Å². The summed E-state index contributed by atoms with van der Waals surface area (Å²) >= 11 is 4.53. The standard InChI is InChI=1S/C25H19BrN2O4S/c1-31-21-13-17(9-12-20(21)32-15-16-7-10-19(26)11-8-16)14-22-24(30)28-25(33-22)27-23(29)18-5-3-2-4-6-18/h2-14H,15H2,1H3,(H,27,28,29,30)/b22-14-. The first-order valence-corrected chi connectivity index (χ1v) is 11.6. The molecule has 1 N–H and O–H groups in total. The quantitative estimate of drug-likeness (QED) is 0.436. The fourth-order valence-corrected chi connectivity index (χ4v) is 4.09. The van der Waals surface area contributed by atoms with E-state index in [1.54, 1.807) is 49.6 Å². The average Bonchev–Trinajstić information content (AvgIpc) is 3.17. The molecule has 1 saturated heterocycles. The van der Waals surface area contributed by atoms with Gasteiger partial charge in [-0.3, -0.25) is 9.59 Å². The molecule has 0 bridgehead atoms. The molecule has 0 unspecified atom stereocenters. The van der Waals surface area contributed by atoms with Crippen LogP contribution in [0.1, 0.15) is 21.5 Å². The Kier molecular flexibility index (Phi) is 7.26. The molecule has 0 saturated carbocycles. The van der Waals surface area contributed by atoms with E-state index < -0.39 is 5.91 Å². The Labute approximate surface area is 203 Å². The number of carbonyl (C=O) groups is 2. The fraction of sp³-hybridized carbons (Fsp3) is 0.0800. The van der Waals surface area contributed by atoms with Crippen molar-refractivity contribution < 1.29 is 19.1 Å². The molecule has 4 rings (SSSR count). The molecule has 3 aromatic carbocycles. The van der Waals surface area contributed by atoms with E-state index in [2.05, 4.69) is 26.2 Å². The number of carbonyl (C=O) groups excluding carboxylic acids is 2. The summed E-state index contributed by atoms with van der Waals surface area (Å²) in [5, 5.41) is 2.88. The number of aliphatic imine (C=N–C) groups is 1. The predicted molar refractivity (Wildman–Crippen MR) is 133 cm³/mol. The maximum atomic E-state index is 12.4. The van der Waals surface area contributed by atoms with Gasteiger partial charge in [0, 0.05) is 10.0 Å². The molecular formula is C25H19BrN2O4S. The van der Waals surface area contributed by atoms with Crippen molar-refractivity contribution >= 4 is 50.7 Å². The Morgan fingerprint density at radius 3 is 2.55 bits per heavy atom. The SMILES string of the molecule is COc1cc(/C=C2\SC(=NC(=O)c3ccccc3)NC2=O)ccc1OCc1ccc(Br)cc1. The minimum atomic E-state index is -0.409. The second-order valence-corrected chi connectivity index (χ2v) is 8.92. The summed E-state index contributed by atoms with van der Waals surface area (Å²) in [6.45, 7) is 0.400. The first-order valence-electron chi connectivity index (χ1n) is 9.96. The fourth-order valence-electron chi connectivity index (χ4n) is 3.00. The molecule has 0 aliphatic carbocycles. The molecule has 1 fully saturated rings. The maximum Gasteiger partial charge on any atom is 0.279 e. The van der Waals surface area contributed by atoms with E-state index in [4.69, 9.17) is 9.47 Å². The summed E-state index contributed by atoms with van der Waals surface area (Å²) in [6, 6.07) is 22.0. The van der Waals surface area contributed by atoms with Crippen LogP contribution in [0.3, 0.4) is 0 Å². The second kappa shape index (κ2) is 10.5. The molecule has 1 aliphatic heterocycles. The van der Waals surface area contributed by atoms with Crippen LogP contribution >= 0.6 is 27.7 Å². The lowest BCUT2D eigenvalue weighted by Gasteiger charge is -2.11. The van der Waals surface area contributed by atoms with Crippen molar-refractivity contribution in [1.29, 1.82) is 0 Å². The minimum absolute atomic E-state index is 0.251. The summed E-state index contributed by atoms with van der Waals surface area (Å²) in [7, 11) is 1.57. The molecule has 8 heteroatoms. The van der Waals surface area contributed by atoms with Crippen molar-refractivity contribution in [2.75, 3.05) is 7.11 Å². The van der Waals surface area contributed by atoms with Gasteiger partial charge in [0.2, 0.25) is 0 Å². The number of hydrogen-bond donors (Lipinski definition) is 1. The van der Waals surface area contributed by atoms with Gasteiger partial charge in [-0.15, -0.1) is 0 Å². The van der Waals surface area contributed by atoms with E-state index in [9.17, 15) is 9.59 Å².